The fourth-order valence-electron chi connectivity index (χ4n) is 3.53. The molecule has 23 heavy (non-hydrogen) atoms. The molecule has 5 heteroatoms. The predicted octanol–water partition coefficient (Wildman–Crippen LogP) is 2.71. The molecule has 0 spiro atoms. The fraction of sp³-hybridized carbons (Fsp3) is 0.611. The molecule has 3 rings (SSSR count). The van der Waals surface area contributed by atoms with Crippen molar-refractivity contribution in [3.8, 4) is 0 Å². The van der Waals surface area contributed by atoms with E-state index >= 15 is 0 Å². The second kappa shape index (κ2) is 6.87. The monoisotopic (exact) mass is 320 g/mol. The number of urea groups is 1. The van der Waals surface area contributed by atoms with Crippen molar-refractivity contribution < 1.29 is 14.3 Å². The molecule has 3 N–H and O–H groups in total. The van der Waals surface area contributed by atoms with Crippen molar-refractivity contribution in [2.45, 2.75) is 50.0 Å². The average Bonchev–Trinajstić information content (AvgIpc) is 3.32. The minimum Gasteiger partial charge on any atom is -0.393 e. The Hall–Kier alpha value is -1.62. The third-order valence-electron chi connectivity index (χ3n) is 5.18. The first-order valence-electron chi connectivity index (χ1n) is 8.53. The highest BCUT2D eigenvalue weighted by Crippen LogP contribution is 2.47. The summed E-state index contributed by atoms with van der Waals surface area (Å²) in [5.41, 5.74) is 0.869. The summed E-state index contributed by atoms with van der Waals surface area (Å²) in [5.74, 6) is 0.136. The molecule has 126 valence electrons. The molecule has 2 fully saturated rings. The Morgan fingerprint density at radius 1 is 1.30 bits per heavy atom. The third-order valence-corrected chi connectivity index (χ3v) is 5.18. The van der Waals surface area contributed by atoms with Crippen LogP contribution >= 0.6 is 0 Å². The largest absolute Gasteiger partial charge is 0.393 e. The van der Waals surface area contributed by atoms with E-state index in [0.717, 1.165) is 44.1 Å². The van der Waals surface area contributed by atoms with Gasteiger partial charge in [0.15, 0.2) is 0 Å². The van der Waals surface area contributed by atoms with Crippen LogP contribution in [0.25, 0.3) is 0 Å². The van der Waals surface area contributed by atoms with E-state index < -0.39 is 0 Å². The Morgan fingerprint density at radius 2 is 2.13 bits per heavy atom. The van der Waals surface area contributed by atoms with E-state index in [1.165, 1.54) is 6.07 Å². The number of carbonyl (C=O) groups is 1. The summed E-state index contributed by atoms with van der Waals surface area (Å²) in [7, 11) is 0. The first-order valence-corrected chi connectivity index (χ1v) is 8.53. The maximum atomic E-state index is 13.4. The predicted molar refractivity (Wildman–Crippen MR) is 86.7 cm³/mol. The number of benzene rings is 1. The van der Waals surface area contributed by atoms with Crippen LogP contribution in [0.2, 0.25) is 0 Å². The van der Waals surface area contributed by atoms with E-state index in [1.54, 1.807) is 12.1 Å². The van der Waals surface area contributed by atoms with Crippen molar-refractivity contribution in [3.63, 3.8) is 0 Å². The van der Waals surface area contributed by atoms with Gasteiger partial charge in [-0.05, 0) is 55.7 Å². The normalized spacial score (nSPS) is 25.7. The van der Waals surface area contributed by atoms with Crippen LogP contribution in [-0.2, 0) is 5.41 Å². The molecule has 2 saturated carbocycles. The summed E-state index contributed by atoms with van der Waals surface area (Å²) in [4.78, 5) is 12.0. The van der Waals surface area contributed by atoms with Gasteiger partial charge in [-0.1, -0.05) is 18.6 Å². The molecule has 4 nitrogen and oxygen atoms in total. The number of hydrogen-bond donors (Lipinski definition) is 3. The van der Waals surface area contributed by atoms with Gasteiger partial charge in [0.2, 0.25) is 0 Å². The molecule has 0 aromatic heterocycles. The topological polar surface area (TPSA) is 61.4 Å². The molecule has 0 aliphatic heterocycles. The van der Waals surface area contributed by atoms with Gasteiger partial charge in [0.1, 0.15) is 5.82 Å². The lowest BCUT2D eigenvalue weighted by atomic mass is 9.87. The average molecular weight is 320 g/mol. The van der Waals surface area contributed by atoms with Gasteiger partial charge in [0, 0.05) is 18.5 Å². The standard InChI is InChI=1S/C18H25FN2O2/c19-15-5-2-4-14(10-15)18(7-8-18)12-21-17(23)20-11-13-3-1-6-16(22)9-13/h2,4-5,10,13,16,22H,1,3,6-9,11-12H2,(H2,20,21,23). The van der Waals surface area contributed by atoms with Gasteiger partial charge in [-0.15, -0.1) is 0 Å². The molecular weight excluding hydrogens is 295 g/mol. The summed E-state index contributed by atoms with van der Waals surface area (Å²) in [5, 5.41) is 15.5. The lowest BCUT2D eigenvalue weighted by Crippen LogP contribution is -2.42. The Labute approximate surface area is 136 Å². The van der Waals surface area contributed by atoms with Crippen LogP contribution in [0.15, 0.2) is 24.3 Å². The van der Waals surface area contributed by atoms with Crippen LogP contribution in [-0.4, -0.2) is 30.3 Å². The Bertz CT molecular complexity index is 560. The molecule has 2 aliphatic carbocycles. The van der Waals surface area contributed by atoms with E-state index in [2.05, 4.69) is 10.6 Å². The lowest BCUT2D eigenvalue weighted by molar-refractivity contribution is 0.101. The molecule has 0 radical (unpaired) electrons. The lowest BCUT2D eigenvalue weighted by Gasteiger charge is -2.26. The summed E-state index contributed by atoms with van der Waals surface area (Å²) in [6.45, 7) is 1.14. The SMILES string of the molecule is O=C(NCC1CCCC(O)C1)NCC1(c2cccc(F)c2)CC1. The van der Waals surface area contributed by atoms with Gasteiger partial charge in [-0.2, -0.15) is 0 Å². The van der Waals surface area contributed by atoms with Crippen molar-refractivity contribution in [1.82, 2.24) is 10.6 Å². The van der Waals surface area contributed by atoms with Crippen molar-refractivity contribution in [3.05, 3.63) is 35.6 Å². The van der Waals surface area contributed by atoms with Gasteiger partial charge in [0.05, 0.1) is 6.10 Å². The second-order valence-corrected chi connectivity index (χ2v) is 7.04. The minimum atomic E-state index is -0.228. The number of hydrogen-bond acceptors (Lipinski definition) is 2. The van der Waals surface area contributed by atoms with Crippen LogP contribution in [0.3, 0.4) is 0 Å². The summed E-state index contributed by atoms with van der Waals surface area (Å²) >= 11 is 0. The van der Waals surface area contributed by atoms with Crippen LogP contribution in [0, 0.1) is 11.7 Å². The Morgan fingerprint density at radius 3 is 2.83 bits per heavy atom. The molecule has 0 heterocycles. The van der Waals surface area contributed by atoms with Crippen LogP contribution in [0.1, 0.15) is 44.1 Å². The minimum absolute atomic E-state index is 0.0968. The highest BCUT2D eigenvalue weighted by molar-refractivity contribution is 5.74. The van der Waals surface area contributed by atoms with E-state index in [-0.39, 0.29) is 23.4 Å². The van der Waals surface area contributed by atoms with Crippen LogP contribution in [0.5, 0.6) is 0 Å². The molecule has 2 aliphatic rings. The molecular formula is C18H25FN2O2. The Kier molecular flexibility index (Phi) is 4.85. The van der Waals surface area contributed by atoms with Gasteiger partial charge in [-0.25, -0.2) is 9.18 Å². The molecule has 2 unspecified atom stereocenters. The van der Waals surface area contributed by atoms with E-state index in [9.17, 15) is 14.3 Å². The maximum absolute atomic E-state index is 13.4. The smallest absolute Gasteiger partial charge is 0.314 e. The van der Waals surface area contributed by atoms with Crippen molar-refractivity contribution in [1.29, 1.82) is 0 Å². The zero-order valence-electron chi connectivity index (χ0n) is 13.4. The molecule has 2 amide bonds. The molecule has 1 aromatic carbocycles. The maximum Gasteiger partial charge on any atom is 0.314 e. The number of aliphatic hydroxyl groups excluding tert-OH is 1. The zero-order valence-corrected chi connectivity index (χ0v) is 13.4. The summed E-state index contributed by atoms with van der Waals surface area (Å²) < 4.78 is 13.4. The van der Waals surface area contributed by atoms with Gasteiger partial charge in [-0.3, -0.25) is 0 Å². The highest BCUT2D eigenvalue weighted by atomic mass is 19.1. The number of rotatable bonds is 5. The van der Waals surface area contributed by atoms with E-state index in [0.29, 0.717) is 19.0 Å². The first-order chi connectivity index (χ1) is 11.1. The van der Waals surface area contributed by atoms with Gasteiger partial charge >= 0.3 is 6.03 Å². The highest BCUT2D eigenvalue weighted by Gasteiger charge is 2.44. The zero-order chi connectivity index (χ0) is 16.3. The molecule has 2 atom stereocenters. The van der Waals surface area contributed by atoms with Crippen molar-refractivity contribution in [2.24, 2.45) is 5.92 Å². The summed E-state index contributed by atoms with van der Waals surface area (Å²) in [6.07, 6.45) is 5.47. The van der Waals surface area contributed by atoms with Gasteiger partial charge < -0.3 is 15.7 Å². The number of halogens is 1. The van der Waals surface area contributed by atoms with E-state index in [1.807, 2.05) is 6.07 Å². The van der Waals surface area contributed by atoms with Crippen LogP contribution < -0.4 is 10.6 Å². The molecule has 0 saturated heterocycles. The second-order valence-electron chi connectivity index (χ2n) is 7.04. The third kappa shape index (κ3) is 4.22. The van der Waals surface area contributed by atoms with Crippen LogP contribution in [0.4, 0.5) is 9.18 Å². The van der Waals surface area contributed by atoms with Crippen molar-refractivity contribution in [2.75, 3.05) is 13.1 Å². The number of aliphatic hydroxyl groups is 1. The number of carbonyl (C=O) groups excluding carboxylic acids is 1. The molecule has 1 aromatic rings. The van der Waals surface area contributed by atoms with Crippen molar-refractivity contribution >= 4 is 6.03 Å². The molecule has 0 bridgehead atoms. The number of nitrogens with one attached hydrogen (secondary N) is 2. The Balaban J connectivity index is 1.44. The fourth-order valence-corrected chi connectivity index (χ4v) is 3.53. The summed E-state index contributed by atoms with van der Waals surface area (Å²) in [6, 6.07) is 6.49. The quantitative estimate of drug-likeness (QED) is 0.781. The van der Waals surface area contributed by atoms with Gasteiger partial charge in [0.25, 0.3) is 0 Å². The number of amides is 2. The first kappa shape index (κ1) is 16.2. The van der Waals surface area contributed by atoms with E-state index in [4.69, 9.17) is 0 Å².